The van der Waals surface area contributed by atoms with E-state index in [1.807, 2.05) is 0 Å². The molecule has 1 saturated carbocycles. The third-order valence-electron chi connectivity index (χ3n) is 3.31. The largest absolute Gasteiger partial charge is 0.359 e. The van der Waals surface area contributed by atoms with Crippen molar-refractivity contribution in [3.05, 3.63) is 11.1 Å². The molecule has 0 aromatic carbocycles. The SMILES string of the molecule is CCC1CCCC(Nc2nc(C)cs2)C1. The summed E-state index contributed by atoms with van der Waals surface area (Å²) in [5.41, 5.74) is 1.13. The number of anilines is 1. The second kappa shape index (κ2) is 4.97. The Morgan fingerprint density at radius 2 is 2.40 bits per heavy atom. The van der Waals surface area contributed by atoms with Gasteiger partial charge in [-0.3, -0.25) is 0 Å². The van der Waals surface area contributed by atoms with E-state index < -0.39 is 0 Å². The first-order valence-electron chi connectivity index (χ1n) is 5.96. The van der Waals surface area contributed by atoms with Crippen molar-refractivity contribution >= 4 is 16.5 Å². The maximum atomic E-state index is 4.46. The van der Waals surface area contributed by atoms with Gasteiger partial charge in [0, 0.05) is 11.4 Å². The van der Waals surface area contributed by atoms with Gasteiger partial charge in [-0.05, 0) is 25.7 Å². The molecule has 1 aromatic rings. The number of aromatic nitrogens is 1. The number of aryl methyl sites for hydroxylation is 1. The average Bonchev–Trinajstić information content (AvgIpc) is 2.64. The van der Waals surface area contributed by atoms with E-state index in [4.69, 9.17) is 0 Å². The standard InChI is InChI=1S/C12H20N2S/c1-3-10-5-4-6-11(7-10)14-12-13-9(2)8-15-12/h8,10-11H,3-7H2,1-2H3,(H,13,14). The van der Waals surface area contributed by atoms with Crippen molar-refractivity contribution in [3.63, 3.8) is 0 Å². The van der Waals surface area contributed by atoms with Crippen molar-refractivity contribution < 1.29 is 0 Å². The maximum absolute atomic E-state index is 4.46. The molecule has 3 heteroatoms. The minimum absolute atomic E-state index is 0.661. The van der Waals surface area contributed by atoms with Crippen LogP contribution in [-0.4, -0.2) is 11.0 Å². The first kappa shape index (κ1) is 10.9. The second-order valence-corrected chi connectivity index (χ2v) is 5.43. The molecule has 1 aliphatic carbocycles. The highest BCUT2D eigenvalue weighted by molar-refractivity contribution is 7.13. The highest BCUT2D eigenvalue weighted by Gasteiger charge is 2.20. The highest BCUT2D eigenvalue weighted by Crippen LogP contribution is 2.29. The van der Waals surface area contributed by atoms with Crippen LogP contribution in [0.5, 0.6) is 0 Å². The predicted molar refractivity (Wildman–Crippen MR) is 66.5 cm³/mol. The molecule has 2 unspecified atom stereocenters. The molecule has 0 amide bonds. The molecule has 2 atom stereocenters. The number of rotatable bonds is 3. The lowest BCUT2D eigenvalue weighted by atomic mass is 9.84. The number of hydrogen-bond donors (Lipinski definition) is 1. The fraction of sp³-hybridized carbons (Fsp3) is 0.750. The normalized spacial score (nSPS) is 26.5. The summed E-state index contributed by atoms with van der Waals surface area (Å²) >= 11 is 1.73. The van der Waals surface area contributed by atoms with Crippen LogP contribution in [0.3, 0.4) is 0 Å². The molecule has 0 radical (unpaired) electrons. The van der Waals surface area contributed by atoms with Crippen LogP contribution in [-0.2, 0) is 0 Å². The molecular formula is C12H20N2S. The van der Waals surface area contributed by atoms with E-state index in [0.29, 0.717) is 6.04 Å². The number of hydrogen-bond acceptors (Lipinski definition) is 3. The van der Waals surface area contributed by atoms with Crippen LogP contribution in [0.25, 0.3) is 0 Å². The van der Waals surface area contributed by atoms with Crippen molar-refractivity contribution in [1.29, 1.82) is 0 Å². The Kier molecular flexibility index (Phi) is 3.62. The summed E-state index contributed by atoms with van der Waals surface area (Å²) in [4.78, 5) is 4.46. The van der Waals surface area contributed by atoms with Crippen molar-refractivity contribution in [3.8, 4) is 0 Å². The van der Waals surface area contributed by atoms with Gasteiger partial charge in [0.1, 0.15) is 0 Å². The van der Waals surface area contributed by atoms with E-state index in [-0.39, 0.29) is 0 Å². The molecule has 2 nitrogen and oxygen atoms in total. The number of nitrogens with one attached hydrogen (secondary N) is 1. The summed E-state index contributed by atoms with van der Waals surface area (Å²) in [6.07, 6.45) is 6.77. The van der Waals surface area contributed by atoms with Crippen molar-refractivity contribution in [2.75, 3.05) is 5.32 Å². The zero-order chi connectivity index (χ0) is 10.7. The summed E-state index contributed by atoms with van der Waals surface area (Å²) in [5, 5.41) is 6.79. The summed E-state index contributed by atoms with van der Waals surface area (Å²) in [5.74, 6) is 0.928. The maximum Gasteiger partial charge on any atom is 0.183 e. The van der Waals surface area contributed by atoms with Gasteiger partial charge in [-0.2, -0.15) is 0 Å². The zero-order valence-electron chi connectivity index (χ0n) is 9.62. The van der Waals surface area contributed by atoms with Crippen LogP contribution in [0.15, 0.2) is 5.38 Å². The van der Waals surface area contributed by atoms with Gasteiger partial charge < -0.3 is 5.32 Å². The van der Waals surface area contributed by atoms with Gasteiger partial charge in [0.05, 0.1) is 5.69 Å². The topological polar surface area (TPSA) is 24.9 Å². The van der Waals surface area contributed by atoms with Gasteiger partial charge in [-0.15, -0.1) is 11.3 Å². The van der Waals surface area contributed by atoms with Gasteiger partial charge in [-0.25, -0.2) is 4.98 Å². The lowest BCUT2D eigenvalue weighted by molar-refractivity contribution is 0.327. The average molecular weight is 224 g/mol. The summed E-state index contributed by atoms with van der Waals surface area (Å²) in [6, 6.07) is 0.661. The van der Waals surface area contributed by atoms with E-state index in [1.165, 1.54) is 32.1 Å². The molecule has 84 valence electrons. The molecule has 0 spiro atoms. The Morgan fingerprint density at radius 3 is 3.07 bits per heavy atom. The molecule has 15 heavy (non-hydrogen) atoms. The molecule has 0 aliphatic heterocycles. The minimum atomic E-state index is 0.661. The second-order valence-electron chi connectivity index (χ2n) is 4.58. The summed E-state index contributed by atoms with van der Waals surface area (Å²) in [7, 11) is 0. The Labute approximate surface area is 96.1 Å². The van der Waals surface area contributed by atoms with Gasteiger partial charge in [0.2, 0.25) is 0 Å². The number of nitrogens with zero attached hydrogens (tertiary/aromatic N) is 1. The smallest absolute Gasteiger partial charge is 0.183 e. The zero-order valence-corrected chi connectivity index (χ0v) is 10.4. The lowest BCUT2D eigenvalue weighted by Crippen LogP contribution is -2.26. The van der Waals surface area contributed by atoms with Gasteiger partial charge >= 0.3 is 0 Å². The lowest BCUT2D eigenvalue weighted by Gasteiger charge is -2.28. The van der Waals surface area contributed by atoms with E-state index in [0.717, 1.165) is 16.7 Å². The Balaban J connectivity index is 1.88. The van der Waals surface area contributed by atoms with Crippen LogP contribution >= 0.6 is 11.3 Å². The predicted octanol–water partition coefficient (Wildman–Crippen LogP) is 3.83. The van der Waals surface area contributed by atoms with Gasteiger partial charge in [0.25, 0.3) is 0 Å². The third kappa shape index (κ3) is 2.94. The molecule has 1 N–H and O–H groups in total. The van der Waals surface area contributed by atoms with Crippen molar-refractivity contribution in [1.82, 2.24) is 4.98 Å². The molecule has 1 aliphatic rings. The van der Waals surface area contributed by atoms with Gasteiger partial charge in [0.15, 0.2) is 5.13 Å². The summed E-state index contributed by atoms with van der Waals surface area (Å²) < 4.78 is 0. The van der Waals surface area contributed by atoms with E-state index in [2.05, 4.69) is 29.5 Å². The summed E-state index contributed by atoms with van der Waals surface area (Å²) in [6.45, 7) is 4.36. The quantitative estimate of drug-likeness (QED) is 0.844. The van der Waals surface area contributed by atoms with Crippen LogP contribution in [0, 0.1) is 12.8 Å². The minimum Gasteiger partial charge on any atom is -0.359 e. The molecular weight excluding hydrogens is 204 g/mol. The molecule has 0 bridgehead atoms. The third-order valence-corrected chi connectivity index (χ3v) is 4.20. The first-order chi connectivity index (χ1) is 7.28. The fourth-order valence-electron chi connectivity index (χ4n) is 2.39. The monoisotopic (exact) mass is 224 g/mol. The van der Waals surface area contributed by atoms with E-state index in [1.54, 1.807) is 11.3 Å². The van der Waals surface area contributed by atoms with E-state index >= 15 is 0 Å². The van der Waals surface area contributed by atoms with Gasteiger partial charge in [-0.1, -0.05) is 26.2 Å². The molecule has 1 heterocycles. The Hall–Kier alpha value is -0.570. The number of thiazole rings is 1. The fourth-order valence-corrected chi connectivity index (χ4v) is 3.15. The molecule has 1 fully saturated rings. The van der Waals surface area contributed by atoms with Crippen LogP contribution in [0.1, 0.15) is 44.7 Å². The molecule has 1 aromatic heterocycles. The van der Waals surface area contributed by atoms with Crippen LogP contribution in [0.4, 0.5) is 5.13 Å². The Bertz CT molecular complexity index is 308. The molecule has 2 rings (SSSR count). The van der Waals surface area contributed by atoms with Crippen LogP contribution < -0.4 is 5.32 Å². The van der Waals surface area contributed by atoms with Crippen molar-refractivity contribution in [2.45, 2.75) is 52.0 Å². The van der Waals surface area contributed by atoms with Crippen LogP contribution in [0.2, 0.25) is 0 Å². The molecule has 0 saturated heterocycles. The van der Waals surface area contributed by atoms with Crippen molar-refractivity contribution in [2.24, 2.45) is 5.92 Å². The highest BCUT2D eigenvalue weighted by atomic mass is 32.1. The van der Waals surface area contributed by atoms with E-state index in [9.17, 15) is 0 Å². The first-order valence-corrected chi connectivity index (χ1v) is 6.84. The Morgan fingerprint density at radius 1 is 1.53 bits per heavy atom.